The van der Waals surface area contributed by atoms with Gasteiger partial charge in [-0.25, -0.2) is 0 Å². The van der Waals surface area contributed by atoms with Gasteiger partial charge in [0.1, 0.15) is 0 Å². The van der Waals surface area contributed by atoms with Crippen LogP contribution in [0, 0.1) is 0 Å². The number of hydrogen-bond donors (Lipinski definition) is 3. The van der Waals surface area contributed by atoms with Crippen molar-refractivity contribution in [3.05, 3.63) is 12.3 Å². The number of rotatable bonds is 3. The maximum atomic E-state index is 5.26. The molecule has 0 atom stereocenters. The fourth-order valence-electron chi connectivity index (χ4n) is 0.552. The van der Waals surface area contributed by atoms with Crippen LogP contribution >= 0.6 is 0 Å². The van der Waals surface area contributed by atoms with Crippen molar-refractivity contribution in [1.82, 2.24) is 16.1 Å². The van der Waals surface area contributed by atoms with E-state index < -0.39 is 0 Å². The van der Waals surface area contributed by atoms with E-state index in [0.29, 0.717) is 13.1 Å². The molecule has 1 rings (SSSR count). The molecule has 0 saturated heterocycles. The maximum Gasteiger partial charge on any atom is 0.0522 e. The van der Waals surface area contributed by atoms with Gasteiger partial charge in [-0.3, -0.25) is 5.43 Å². The molecule has 0 bridgehead atoms. The summed E-state index contributed by atoms with van der Waals surface area (Å²) in [4.78, 5) is 0. The molecule has 1 heterocycles. The minimum absolute atomic E-state index is 0.595. The molecule has 0 saturated carbocycles. The number of hydrazine groups is 2. The van der Waals surface area contributed by atoms with Gasteiger partial charge >= 0.3 is 0 Å². The third-order valence-electron chi connectivity index (χ3n) is 0.967. The molecule has 10 heavy (non-hydrogen) atoms. The molecule has 5 heteroatoms. The van der Waals surface area contributed by atoms with E-state index in [1.807, 2.05) is 0 Å². The monoisotopic (exact) mass is 141 g/mol. The summed E-state index contributed by atoms with van der Waals surface area (Å²) in [6.45, 7) is 1.30. The van der Waals surface area contributed by atoms with Crippen LogP contribution in [0.15, 0.2) is 17.4 Å². The largest absolute Gasteiger partial charge is 0.329 e. The van der Waals surface area contributed by atoms with E-state index in [4.69, 9.17) is 5.73 Å². The van der Waals surface area contributed by atoms with Crippen LogP contribution in [0.4, 0.5) is 0 Å². The van der Waals surface area contributed by atoms with Gasteiger partial charge in [-0.15, -0.1) is 10.3 Å². The highest BCUT2D eigenvalue weighted by Gasteiger charge is 1.94. The fraction of sp³-hybridized carbons (Fsp3) is 0.400. The maximum absolute atomic E-state index is 5.26. The first-order chi connectivity index (χ1) is 4.93. The molecule has 0 aromatic rings. The van der Waals surface area contributed by atoms with Crippen molar-refractivity contribution in [3.63, 3.8) is 0 Å². The summed E-state index contributed by atoms with van der Waals surface area (Å²) in [5.74, 6) is 0. The molecule has 0 spiro atoms. The van der Waals surface area contributed by atoms with Crippen LogP contribution in [0.1, 0.15) is 0 Å². The summed E-state index contributed by atoms with van der Waals surface area (Å²) in [5.41, 5.74) is 11.0. The lowest BCUT2D eigenvalue weighted by Gasteiger charge is -2.19. The van der Waals surface area contributed by atoms with E-state index in [2.05, 4.69) is 16.0 Å². The van der Waals surface area contributed by atoms with E-state index in [0.717, 1.165) is 0 Å². The Kier molecular flexibility index (Phi) is 2.72. The molecule has 0 aliphatic carbocycles. The predicted molar refractivity (Wildman–Crippen MR) is 39.7 cm³/mol. The second-order valence-corrected chi connectivity index (χ2v) is 1.76. The number of nitrogens with zero attached hydrogens (tertiary/aromatic N) is 2. The van der Waals surface area contributed by atoms with Gasteiger partial charge in [-0.2, -0.15) is 5.43 Å². The Morgan fingerprint density at radius 1 is 1.70 bits per heavy atom. The smallest absolute Gasteiger partial charge is 0.0522 e. The Morgan fingerprint density at radius 3 is 3.20 bits per heavy atom. The van der Waals surface area contributed by atoms with Gasteiger partial charge in [0.2, 0.25) is 0 Å². The molecule has 0 aromatic carbocycles. The van der Waals surface area contributed by atoms with Crippen molar-refractivity contribution in [2.75, 3.05) is 13.1 Å². The van der Waals surface area contributed by atoms with Crippen molar-refractivity contribution in [2.45, 2.75) is 0 Å². The molecule has 0 amide bonds. The lowest BCUT2D eigenvalue weighted by molar-refractivity contribution is 0.148. The SMILES string of the molecule is NCCNN1N=CC=CN1. The first-order valence-electron chi connectivity index (χ1n) is 3.12. The summed E-state index contributed by atoms with van der Waals surface area (Å²) < 4.78 is 0. The van der Waals surface area contributed by atoms with Crippen LogP contribution in [0.5, 0.6) is 0 Å². The van der Waals surface area contributed by atoms with Crippen molar-refractivity contribution in [1.29, 1.82) is 0 Å². The molecule has 0 aromatic heterocycles. The van der Waals surface area contributed by atoms with E-state index >= 15 is 0 Å². The standard InChI is InChI=1S/C5H11N5/c6-2-5-9-10-7-3-1-4-8-10/h1,3-4,7,9H,2,5-6H2. The van der Waals surface area contributed by atoms with Crippen LogP contribution in [0.25, 0.3) is 0 Å². The van der Waals surface area contributed by atoms with Crippen LogP contribution in [0.2, 0.25) is 0 Å². The normalized spacial score (nSPS) is 15.5. The van der Waals surface area contributed by atoms with E-state index in [-0.39, 0.29) is 0 Å². The average molecular weight is 141 g/mol. The number of nitrogens with one attached hydrogen (secondary N) is 2. The highest BCUT2D eigenvalue weighted by molar-refractivity contribution is 5.70. The lowest BCUT2D eigenvalue weighted by Crippen LogP contribution is -2.44. The Labute approximate surface area is 59.5 Å². The number of hydrogen-bond acceptors (Lipinski definition) is 5. The van der Waals surface area contributed by atoms with Crippen molar-refractivity contribution in [3.8, 4) is 0 Å². The van der Waals surface area contributed by atoms with Crippen molar-refractivity contribution in [2.24, 2.45) is 10.8 Å². The molecular formula is C5H11N5. The van der Waals surface area contributed by atoms with Gasteiger partial charge in [-0.05, 0) is 6.08 Å². The minimum Gasteiger partial charge on any atom is -0.329 e. The second kappa shape index (κ2) is 3.86. The van der Waals surface area contributed by atoms with Gasteiger partial charge in [0.15, 0.2) is 0 Å². The Bertz CT molecular complexity index is 141. The van der Waals surface area contributed by atoms with Gasteiger partial charge in [0.05, 0.1) is 6.21 Å². The minimum atomic E-state index is 0.595. The van der Waals surface area contributed by atoms with Gasteiger partial charge < -0.3 is 5.73 Å². The Balaban J connectivity index is 2.17. The average Bonchev–Trinajstić information content (AvgIpc) is 2.03. The summed E-state index contributed by atoms with van der Waals surface area (Å²) in [5, 5.41) is 5.42. The zero-order valence-electron chi connectivity index (χ0n) is 5.62. The van der Waals surface area contributed by atoms with Crippen molar-refractivity contribution >= 4 is 6.21 Å². The first kappa shape index (κ1) is 7.04. The van der Waals surface area contributed by atoms with Gasteiger partial charge in [-0.1, -0.05) is 0 Å². The molecular weight excluding hydrogens is 130 g/mol. The molecule has 0 unspecified atom stereocenters. The van der Waals surface area contributed by atoms with Crippen LogP contribution in [-0.4, -0.2) is 24.5 Å². The summed E-state index contributed by atoms with van der Waals surface area (Å²) in [7, 11) is 0. The zero-order valence-corrected chi connectivity index (χ0v) is 5.62. The van der Waals surface area contributed by atoms with Crippen LogP contribution < -0.4 is 16.6 Å². The topological polar surface area (TPSA) is 65.7 Å². The second-order valence-electron chi connectivity index (χ2n) is 1.76. The van der Waals surface area contributed by atoms with Crippen LogP contribution in [0.3, 0.4) is 0 Å². The number of hydrazone groups is 1. The molecule has 1 aliphatic rings. The fourth-order valence-corrected chi connectivity index (χ4v) is 0.552. The van der Waals surface area contributed by atoms with E-state index in [1.165, 1.54) is 5.23 Å². The highest BCUT2D eigenvalue weighted by atomic mass is 15.9. The third kappa shape index (κ3) is 2.04. The summed E-state index contributed by atoms with van der Waals surface area (Å²) in [6.07, 6.45) is 5.26. The molecule has 56 valence electrons. The Hall–Kier alpha value is -1.07. The molecule has 0 fully saturated rings. The quantitative estimate of drug-likeness (QED) is 0.460. The number of nitrogens with two attached hydrogens (primary N) is 1. The van der Waals surface area contributed by atoms with E-state index in [1.54, 1.807) is 18.5 Å². The molecule has 5 nitrogen and oxygen atoms in total. The molecule has 1 aliphatic heterocycles. The summed E-state index contributed by atoms with van der Waals surface area (Å²) in [6, 6.07) is 0. The third-order valence-corrected chi connectivity index (χ3v) is 0.967. The predicted octanol–water partition coefficient (Wildman–Crippen LogP) is -1.23. The Morgan fingerprint density at radius 2 is 2.60 bits per heavy atom. The van der Waals surface area contributed by atoms with Crippen LogP contribution in [-0.2, 0) is 0 Å². The first-order valence-corrected chi connectivity index (χ1v) is 3.12. The number of allylic oxidation sites excluding steroid dienone is 1. The molecule has 4 N–H and O–H groups in total. The lowest BCUT2D eigenvalue weighted by atomic mass is 10.6. The highest BCUT2D eigenvalue weighted by Crippen LogP contribution is 1.81. The molecule has 0 radical (unpaired) electrons. The zero-order chi connectivity index (χ0) is 7.23. The van der Waals surface area contributed by atoms with E-state index in [9.17, 15) is 0 Å². The van der Waals surface area contributed by atoms with Crippen molar-refractivity contribution < 1.29 is 0 Å². The van der Waals surface area contributed by atoms with Gasteiger partial charge in [0.25, 0.3) is 0 Å². The van der Waals surface area contributed by atoms with Gasteiger partial charge in [0, 0.05) is 19.3 Å². The summed E-state index contributed by atoms with van der Waals surface area (Å²) >= 11 is 0.